The van der Waals surface area contributed by atoms with Gasteiger partial charge in [0.1, 0.15) is 0 Å². The summed E-state index contributed by atoms with van der Waals surface area (Å²) in [6, 6.07) is 3.96. The van der Waals surface area contributed by atoms with Crippen LogP contribution in [0.15, 0.2) is 30.9 Å². The third-order valence-corrected chi connectivity index (χ3v) is 4.56. The van der Waals surface area contributed by atoms with Crippen molar-refractivity contribution in [1.29, 1.82) is 0 Å². The number of rotatable bonds is 5. The first-order valence-electron chi connectivity index (χ1n) is 6.49. The second kappa shape index (κ2) is 5.81. The Morgan fingerprint density at radius 2 is 2.30 bits per heavy atom. The first kappa shape index (κ1) is 13.4. The van der Waals surface area contributed by atoms with Gasteiger partial charge < -0.3 is 9.88 Å². The molecule has 0 aliphatic rings. The minimum Gasteiger partial charge on any atom is -0.361 e. The number of benzene rings is 1. The van der Waals surface area contributed by atoms with Gasteiger partial charge >= 0.3 is 0 Å². The molecular weight excluding hydrogens is 292 g/mol. The van der Waals surface area contributed by atoms with Crippen molar-refractivity contribution in [3.63, 3.8) is 0 Å². The summed E-state index contributed by atoms with van der Waals surface area (Å²) in [6.45, 7) is 3.86. The van der Waals surface area contributed by atoms with Gasteiger partial charge in [0, 0.05) is 30.5 Å². The summed E-state index contributed by atoms with van der Waals surface area (Å²) < 4.78 is 3.24. The van der Waals surface area contributed by atoms with Gasteiger partial charge in [0.25, 0.3) is 0 Å². The van der Waals surface area contributed by atoms with Crippen LogP contribution in [-0.4, -0.2) is 21.1 Å². The highest BCUT2D eigenvalue weighted by Crippen LogP contribution is 2.31. The molecule has 2 aromatic heterocycles. The highest BCUT2D eigenvalue weighted by atomic mass is 35.5. The van der Waals surface area contributed by atoms with Gasteiger partial charge in [-0.15, -0.1) is 0 Å². The third kappa shape index (κ3) is 2.78. The molecule has 1 N–H and O–H groups in total. The van der Waals surface area contributed by atoms with Crippen molar-refractivity contribution in [1.82, 2.24) is 14.5 Å². The second-order valence-electron chi connectivity index (χ2n) is 4.62. The topological polar surface area (TPSA) is 42.7 Å². The summed E-state index contributed by atoms with van der Waals surface area (Å²) in [5, 5.41) is 5.10. The molecule has 3 aromatic rings. The Bertz CT molecular complexity index is 705. The number of hydrogen-bond donors (Lipinski definition) is 1. The van der Waals surface area contributed by atoms with E-state index in [9.17, 15) is 0 Å². The van der Waals surface area contributed by atoms with E-state index >= 15 is 0 Å². The van der Waals surface area contributed by atoms with Gasteiger partial charge in [0.05, 0.1) is 16.5 Å². The molecule has 2 heterocycles. The van der Waals surface area contributed by atoms with Crippen molar-refractivity contribution in [2.24, 2.45) is 0 Å². The molecule has 0 fully saturated rings. The van der Waals surface area contributed by atoms with Crippen molar-refractivity contribution in [3.8, 4) is 0 Å². The van der Waals surface area contributed by atoms with Crippen LogP contribution >= 0.6 is 22.9 Å². The predicted molar refractivity (Wildman–Crippen MR) is 84.7 cm³/mol. The average Bonchev–Trinajstić information content (AvgIpc) is 3.08. The zero-order chi connectivity index (χ0) is 13.9. The van der Waals surface area contributed by atoms with Gasteiger partial charge in [0.2, 0.25) is 0 Å². The largest absolute Gasteiger partial charge is 0.361 e. The highest BCUT2D eigenvalue weighted by molar-refractivity contribution is 7.22. The van der Waals surface area contributed by atoms with E-state index < -0.39 is 0 Å². The van der Waals surface area contributed by atoms with Gasteiger partial charge in [-0.2, -0.15) is 0 Å². The lowest BCUT2D eigenvalue weighted by atomic mass is 10.2. The first-order valence-corrected chi connectivity index (χ1v) is 7.69. The Morgan fingerprint density at radius 3 is 3.10 bits per heavy atom. The fourth-order valence-electron chi connectivity index (χ4n) is 2.05. The van der Waals surface area contributed by atoms with Crippen molar-refractivity contribution in [3.05, 3.63) is 41.4 Å². The van der Waals surface area contributed by atoms with E-state index in [4.69, 9.17) is 11.6 Å². The fourth-order valence-corrected chi connectivity index (χ4v) is 3.16. The number of aryl methyl sites for hydroxylation is 2. The number of aromatic nitrogens is 3. The van der Waals surface area contributed by atoms with Crippen LogP contribution < -0.4 is 5.32 Å². The van der Waals surface area contributed by atoms with Crippen LogP contribution in [0.2, 0.25) is 5.02 Å². The normalized spacial score (nSPS) is 11.1. The monoisotopic (exact) mass is 306 g/mol. The maximum Gasteiger partial charge on any atom is 0.183 e. The number of halogens is 1. The summed E-state index contributed by atoms with van der Waals surface area (Å²) >= 11 is 7.78. The number of fused-ring (bicyclic) bond motifs is 1. The zero-order valence-electron chi connectivity index (χ0n) is 11.1. The molecule has 0 aliphatic heterocycles. The Hall–Kier alpha value is -1.59. The lowest BCUT2D eigenvalue weighted by Gasteiger charge is -2.03. The van der Waals surface area contributed by atoms with Crippen molar-refractivity contribution in [2.45, 2.75) is 19.9 Å². The van der Waals surface area contributed by atoms with Crippen LogP contribution in [0, 0.1) is 6.92 Å². The zero-order valence-corrected chi connectivity index (χ0v) is 12.7. The molecule has 6 heteroatoms. The van der Waals surface area contributed by atoms with Crippen molar-refractivity contribution >= 4 is 38.3 Å². The Labute approximate surface area is 126 Å². The Kier molecular flexibility index (Phi) is 3.89. The maximum atomic E-state index is 6.12. The van der Waals surface area contributed by atoms with Crippen molar-refractivity contribution < 1.29 is 0 Å². The quantitative estimate of drug-likeness (QED) is 0.726. The van der Waals surface area contributed by atoms with Crippen LogP contribution in [-0.2, 0) is 6.54 Å². The molecule has 0 saturated heterocycles. The number of nitrogens with zero attached hydrogens (tertiary/aromatic N) is 3. The second-order valence-corrected chi connectivity index (χ2v) is 6.06. The van der Waals surface area contributed by atoms with Gasteiger partial charge in [-0.05, 0) is 31.0 Å². The molecule has 0 radical (unpaired) electrons. The van der Waals surface area contributed by atoms with E-state index in [0.29, 0.717) is 0 Å². The summed E-state index contributed by atoms with van der Waals surface area (Å²) in [4.78, 5) is 8.64. The van der Waals surface area contributed by atoms with E-state index in [1.54, 1.807) is 17.5 Å². The molecular formula is C14H15ClN4S. The number of nitrogens with one attached hydrogen (secondary N) is 1. The fraction of sp³-hybridized carbons (Fsp3) is 0.286. The Morgan fingerprint density at radius 1 is 1.40 bits per heavy atom. The van der Waals surface area contributed by atoms with Gasteiger partial charge in [-0.1, -0.05) is 22.9 Å². The first-order chi connectivity index (χ1) is 9.74. The number of anilines is 1. The number of hydrogen-bond acceptors (Lipinski definition) is 4. The van der Waals surface area contributed by atoms with Crippen LogP contribution in [0.1, 0.15) is 12.0 Å². The summed E-state index contributed by atoms with van der Waals surface area (Å²) in [7, 11) is 0. The van der Waals surface area contributed by atoms with Crippen LogP contribution in [0.3, 0.4) is 0 Å². The van der Waals surface area contributed by atoms with Crippen molar-refractivity contribution in [2.75, 3.05) is 11.9 Å². The SMILES string of the molecule is Cc1c(Cl)ccc2sc(NCCCn3ccnc3)nc12. The molecule has 104 valence electrons. The molecule has 3 rings (SSSR count). The molecule has 0 atom stereocenters. The van der Waals surface area contributed by atoms with E-state index in [1.165, 1.54) is 4.70 Å². The molecule has 4 nitrogen and oxygen atoms in total. The molecule has 0 unspecified atom stereocenters. The number of imidazole rings is 1. The van der Waals surface area contributed by atoms with Gasteiger partial charge in [-0.25, -0.2) is 9.97 Å². The van der Waals surface area contributed by atoms with Crippen LogP contribution in [0.25, 0.3) is 10.2 Å². The third-order valence-electron chi connectivity index (χ3n) is 3.18. The van der Waals surface area contributed by atoms with E-state index in [0.717, 1.165) is 40.7 Å². The van der Waals surface area contributed by atoms with Crippen LogP contribution in [0.5, 0.6) is 0 Å². The average molecular weight is 307 g/mol. The molecule has 1 aromatic carbocycles. The molecule has 20 heavy (non-hydrogen) atoms. The molecule has 0 amide bonds. The molecule has 0 spiro atoms. The standard InChI is InChI=1S/C14H15ClN4S/c1-10-11(15)3-4-12-13(10)18-14(20-12)17-5-2-7-19-8-6-16-9-19/h3-4,6,8-9H,2,5,7H2,1H3,(H,17,18). The highest BCUT2D eigenvalue weighted by Gasteiger charge is 2.08. The lowest BCUT2D eigenvalue weighted by molar-refractivity contribution is 0.660. The summed E-state index contributed by atoms with van der Waals surface area (Å²) in [6.07, 6.45) is 6.64. The van der Waals surface area contributed by atoms with E-state index in [1.807, 2.05) is 31.6 Å². The van der Waals surface area contributed by atoms with E-state index in [2.05, 4.69) is 19.9 Å². The minimum atomic E-state index is 0.773. The smallest absolute Gasteiger partial charge is 0.183 e. The molecule has 0 bridgehead atoms. The van der Waals surface area contributed by atoms with Gasteiger partial charge in [0.15, 0.2) is 5.13 Å². The molecule has 0 saturated carbocycles. The maximum absolute atomic E-state index is 6.12. The number of thiazole rings is 1. The summed E-state index contributed by atoms with van der Waals surface area (Å²) in [5.41, 5.74) is 2.05. The summed E-state index contributed by atoms with van der Waals surface area (Å²) in [5.74, 6) is 0. The molecule has 0 aliphatic carbocycles. The van der Waals surface area contributed by atoms with E-state index in [-0.39, 0.29) is 0 Å². The lowest BCUT2D eigenvalue weighted by Crippen LogP contribution is -2.05. The Balaban J connectivity index is 1.62. The van der Waals surface area contributed by atoms with Gasteiger partial charge in [-0.3, -0.25) is 0 Å². The van der Waals surface area contributed by atoms with Crippen LogP contribution in [0.4, 0.5) is 5.13 Å². The predicted octanol–water partition coefficient (Wildman–Crippen LogP) is 3.96. The minimum absolute atomic E-state index is 0.773.